The first-order chi connectivity index (χ1) is 11.3. The van der Waals surface area contributed by atoms with Crippen LogP contribution in [0.25, 0.3) is 0 Å². The van der Waals surface area contributed by atoms with Crippen LogP contribution in [-0.4, -0.2) is 29.5 Å². The Morgan fingerprint density at radius 1 is 1.12 bits per heavy atom. The van der Waals surface area contributed by atoms with Crippen LogP contribution >= 0.6 is 23.2 Å². The Labute approximate surface area is 152 Å². The summed E-state index contributed by atoms with van der Waals surface area (Å²) in [5.74, 6) is -0.169. The topological polar surface area (TPSA) is 95.5 Å². The first-order valence-corrected chi connectivity index (χ1v) is 10.0. The van der Waals surface area contributed by atoms with E-state index in [1.54, 1.807) is 18.2 Å². The first-order valence-electron chi connectivity index (χ1n) is 6.55. The van der Waals surface area contributed by atoms with E-state index < -0.39 is 21.1 Å². The summed E-state index contributed by atoms with van der Waals surface area (Å²) in [6.45, 7) is -0.156. The Morgan fingerprint density at radius 2 is 1.71 bits per heavy atom. The van der Waals surface area contributed by atoms with Gasteiger partial charge in [0.2, 0.25) is 0 Å². The standard InChI is InChI=1S/C14H13Cl2NO5S2/c15-12-8-10(17-23(18)19)9-13(16)14(12)22-6-7-24(20,21)11-4-2-1-3-5-11/h1-5,8-9,17H,6-7H2,(H,18,19)/p-1. The van der Waals surface area contributed by atoms with Gasteiger partial charge in [0.05, 0.1) is 20.7 Å². The zero-order valence-electron chi connectivity index (χ0n) is 12.1. The summed E-state index contributed by atoms with van der Waals surface area (Å²) in [7, 11) is -3.49. The molecule has 2 aromatic carbocycles. The van der Waals surface area contributed by atoms with Gasteiger partial charge in [0.1, 0.15) is 6.61 Å². The molecule has 0 amide bonds. The molecule has 1 N–H and O–H groups in total. The molecule has 0 aromatic heterocycles. The highest BCUT2D eigenvalue weighted by Gasteiger charge is 2.16. The maximum atomic E-state index is 12.1. The van der Waals surface area contributed by atoms with Crippen LogP contribution in [0.5, 0.6) is 5.75 Å². The third-order valence-corrected chi connectivity index (χ3v) is 5.56. The molecule has 2 rings (SSSR count). The molecule has 0 aliphatic carbocycles. The normalized spacial score (nSPS) is 12.6. The minimum atomic E-state index is -3.49. The van der Waals surface area contributed by atoms with E-state index in [9.17, 15) is 17.2 Å². The van der Waals surface area contributed by atoms with Crippen molar-refractivity contribution in [2.45, 2.75) is 4.90 Å². The van der Waals surface area contributed by atoms with Gasteiger partial charge in [0, 0.05) is 17.0 Å². The van der Waals surface area contributed by atoms with Gasteiger partial charge in [-0.05, 0) is 24.3 Å². The number of halogens is 2. The van der Waals surface area contributed by atoms with Crippen LogP contribution in [-0.2, 0) is 21.1 Å². The van der Waals surface area contributed by atoms with Gasteiger partial charge in [0.25, 0.3) is 0 Å². The number of nitrogens with one attached hydrogen (secondary N) is 1. The van der Waals surface area contributed by atoms with Gasteiger partial charge in [-0.1, -0.05) is 41.4 Å². The van der Waals surface area contributed by atoms with E-state index in [1.807, 2.05) is 0 Å². The fraction of sp³-hybridized carbons (Fsp3) is 0.143. The second kappa shape index (κ2) is 8.17. The zero-order chi connectivity index (χ0) is 17.7. The van der Waals surface area contributed by atoms with Crippen LogP contribution in [0.1, 0.15) is 0 Å². The monoisotopic (exact) mass is 408 g/mol. The number of anilines is 1. The Balaban J connectivity index is 2.06. The summed E-state index contributed by atoms with van der Waals surface area (Å²) in [4.78, 5) is 0.197. The number of rotatable bonds is 7. The molecule has 0 fully saturated rings. The molecular weight excluding hydrogens is 397 g/mol. The van der Waals surface area contributed by atoms with Gasteiger partial charge in [-0.2, -0.15) is 0 Å². The Hall–Kier alpha value is -1.32. The molecule has 0 spiro atoms. The average Bonchev–Trinajstić information content (AvgIpc) is 2.50. The van der Waals surface area contributed by atoms with E-state index in [1.165, 1.54) is 24.3 Å². The zero-order valence-corrected chi connectivity index (χ0v) is 15.2. The molecule has 0 aliphatic rings. The lowest BCUT2D eigenvalue weighted by molar-refractivity contribution is 0.341. The smallest absolute Gasteiger partial charge is 0.181 e. The van der Waals surface area contributed by atoms with Gasteiger partial charge in [0.15, 0.2) is 15.6 Å². The third-order valence-electron chi connectivity index (χ3n) is 2.90. The van der Waals surface area contributed by atoms with Gasteiger partial charge >= 0.3 is 0 Å². The Kier molecular flexibility index (Phi) is 6.47. The minimum absolute atomic E-state index is 0.0626. The van der Waals surface area contributed by atoms with Crippen molar-refractivity contribution in [3.05, 3.63) is 52.5 Å². The largest absolute Gasteiger partial charge is 0.755 e. The quantitative estimate of drug-likeness (QED) is 0.710. The Bertz CT molecular complexity index is 820. The molecule has 0 bridgehead atoms. The number of hydrogen-bond donors (Lipinski definition) is 1. The van der Waals surface area contributed by atoms with Crippen molar-refractivity contribution in [2.75, 3.05) is 17.1 Å². The molecular formula is C14H12Cl2NO5S2-. The highest BCUT2D eigenvalue weighted by atomic mass is 35.5. The van der Waals surface area contributed by atoms with Crippen molar-refractivity contribution in [3.63, 3.8) is 0 Å². The molecule has 6 nitrogen and oxygen atoms in total. The SMILES string of the molecule is O=S([O-])Nc1cc(Cl)c(OCCS(=O)(=O)c2ccccc2)c(Cl)c1. The summed E-state index contributed by atoms with van der Waals surface area (Å²) >= 11 is 9.46. The maximum Gasteiger partial charge on any atom is 0.181 e. The van der Waals surface area contributed by atoms with E-state index >= 15 is 0 Å². The molecule has 24 heavy (non-hydrogen) atoms. The van der Waals surface area contributed by atoms with Gasteiger partial charge in [-0.3, -0.25) is 4.21 Å². The van der Waals surface area contributed by atoms with Crippen molar-refractivity contribution >= 4 is 50.0 Å². The average molecular weight is 409 g/mol. The van der Waals surface area contributed by atoms with Crippen LogP contribution in [0.3, 0.4) is 0 Å². The lowest BCUT2D eigenvalue weighted by Gasteiger charge is -2.14. The fourth-order valence-corrected chi connectivity index (χ4v) is 3.87. The van der Waals surface area contributed by atoms with Crippen molar-refractivity contribution < 1.29 is 21.9 Å². The summed E-state index contributed by atoms with van der Waals surface area (Å²) in [6, 6.07) is 10.6. The summed E-state index contributed by atoms with van der Waals surface area (Å²) < 4.78 is 53.0. The second-order valence-electron chi connectivity index (χ2n) is 4.59. The summed E-state index contributed by atoms with van der Waals surface area (Å²) in [5.41, 5.74) is 0.169. The Morgan fingerprint density at radius 3 is 2.25 bits per heavy atom. The molecule has 2 aromatic rings. The fourth-order valence-electron chi connectivity index (χ4n) is 1.85. The third kappa shape index (κ3) is 5.09. The molecule has 0 aliphatic heterocycles. The molecule has 0 saturated heterocycles. The highest BCUT2D eigenvalue weighted by Crippen LogP contribution is 2.36. The van der Waals surface area contributed by atoms with E-state index in [-0.39, 0.29) is 38.7 Å². The second-order valence-corrected chi connectivity index (χ2v) is 8.18. The lowest BCUT2D eigenvalue weighted by atomic mass is 10.3. The van der Waals surface area contributed by atoms with Crippen molar-refractivity contribution in [2.24, 2.45) is 0 Å². The van der Waals surface area contributed by atoms with Crippen molar-refractivity contribution in [3.8, 4) is 5.75 Å². The first kappa shape index (κ1) is 19.0. The van der Waals surface area contributed by atoms with Crippen LogP contribution in [0.4, 0.5) is 5.69 Å². The molecule has 1 unspecified atom stereocenters. The predicted molar refractivity (Wildman–Crippen MR) is 93.0 cm³/mol. The van der Waals surface area contributed by atoms with Crippen molar-refractivity contribution in [1.29, 1.82) is 0 Å². The van der Waals surface area contributed by atoms with Crippen LogP contribution in [0.15, 0.2) is 47.4 Å². The molecule has 130 valence electrons. The van der Waals surface area contributed by atoms with E-state index in [2.05, 4.69) is 4.72 Å². The lowest BCUT2D eigenvalue weighted by Crippen LogP contribution is -2.14. The van der Waals surface area contributed by atoms with Crippen LogP contribution in [0, 0.1) is 0 Å². The number of ether oxygens (including phenoxy) is 1. The van der Waals surface area contributed by atoms with Crippen LogP contribution < -0.4 is 9.46 Å². The van der Waals surface area contributed by atoms with E-state index in [0.29, 0.717) is 0 Å². The maximum absolute atomic E-state index is 12.1. The van der Waals surface area contributed by atoms with Gasteiger partial charge < -0.3 is 14.0 Å². The molecule has 1 atom stereocenters. The predicted octanol–water partition coefficient (Wildman–Crippen LogP) is 3.05. The molecule has 0 saturated carbocycles. The molecule has 10 heteroatoms. The number of hydrogen-bond acceptors (Lipinski definition) is 5. The molecule has 0 radical (unpaired) electrons. The van der Waals surface area contributed by atoms with Crippen molar-refractivity contribution in [1.82, 2.24) is 0 Å². The van der Waals surface area contributed by atoms with Crippen LogP contribution in [0.2, 0.25) is 10.0 Å². The minimum Gasteiger partial charge on any atom is -0.755 e. The van der Waals surface area contributed by atoms with Gasteiger partial charge in [-0.25, -0.2) is 8.42 Å². The van der Waals surface area contributed by atoms with E-state index in [4.69, 9.17) is 27.9 Å². The highest BCUT2D eigenvalue weighted by molar-refractivity contribution is 7.91. The number of benzene rings is 2. The summed E-state index contributed by atoms with van der Waals surface area (Å²) in [6.07, 6.45) is 0. The molecule has 0 heterocycles. The summed E-state index contributed by atoms with van der Waals surface area (Å²) in [5, 5.41) is 0.125. The van der Waals surface area contributed by atoms with E-state index in [0.717, 1.165) is 0 Å². The number of sulfone groups is 1. The van der Waals surface area contributed by atoms with Gasteiger partial charge in [-0.15, -0.1) is 0 Å².